The Balaban J connectivity index is 1.52. The molecule has 0 aromatic carbocycles. The Morgan fingerprint density at radius 3 is 2.69 bits per heavy atom. The van der Waals surface area contributed by atoms with Crippen LogP contribution in [0.2, 0.25) is 0 Å². The van der Waals surface area contributed by atoms with E-state index >= 15 is 0 Å². The van der Waals surface area contributed by atoms with E-state index in [2.05, 4.69) is 30.9 Å². The Kier molecular flexibility index (Phi) is 5.80. The van der Waals surface area contributed by atoms with Crippen LogP contribution in [0.1, 0.15) is 34.4 Å². The van der Waals surface area contributed by atoms with Crippen molar-refractivity contribution in [3.8, 4) is 10.8 Å². The largest absolute Gasteiger partial charge is 0.370 e. The molecule has 1 saturated heterocycles. The van der Waals surface area contributed by atoms with Crippen molar-refractivity contribution in [3.63, 3.8) is 0 Å². The third-order valence-electron chi connectivity index (χ3n) is 5.01. The number of pyridine rings is 1. The standard InChI is InChI=1S/C21H24N6OS/c1-3-17-18(29-20(25-17)19-23-7-4-8-24-19)21(28)27-11-5-10-26(12-13-27)16-6-9-22-15(2)14-16/h4,6-9,14H,3,5,10-13H2,1-2H3. The second-order valence-corrected chi connectivity index (χ2v) is 8.01. The fourth-order valence-corrected chi connectivity index (χ4v) is 4.58. The van der Waals surface area contributed by atoms with Gasteiger partial charge in [-0.2, -0.15) is 0 Å². The molecule has 0 spiro atoms. The number of rotatable bonds is 4. The summed E-state index contributed by atoms with van der Waals surface area (Å²) in [5, 5.41) is 0.703. The van der Waals surface area contributed by atoms with Crippen LogP contribution >= 0.6 is 11.3 Å². The lowest BCUT2D eigenvalue weighted by molar-refractivity contribution is 0.0770. The molecule has 0 atom stereocenters. The van der Waals surface area contributed by atoms with Gasteiger partial charge in [0.2, 0.25) is 0 Å². The molecule has 0 bridgehead atoms. The summed E-state index contributed by atoms with van der Waals surface area (Å²) < 4.78 is 0. The van der Waals surface area contributed by atoms with Crippen molar-refractivity contribution in [1.82, 2.24) is 24.8 Å². The third kappa shape index (κ3) is 4.27. The summed E-state index contributed by atoms with van der Waals surface area (Å²) in [6.45, 7) is 7.21. The summed E-state index contributed by atoms with van der Waals surface area (Å²) in [7, 11) is 0. The number of thiazole rings is 1. The average Bonchev–Trinajstić information content (AvgIpc) is 3.03. The molecule has 0 radical (unpaired) electrons. The molecule has 7 nitrogen and oxygen atoms in total. The van der Waals surface area contributed by atoms with Crippen molar-refractivity contribution >= 4 is 22.9 Å². The number of hydrogen-bond acceptors (Lipinski definition) is 7. The van der Waals surface area contributed by atoms with Gasteiger partial charge in [-0.3, -0.25) is 9.78 Å². The first-order chi connectivity index (χ1) is 14.2. The summed E-state index contributed by atoms with van der Waals surface area (Å²) >= 11 is 1.40. The van der Waals surface area contributed by atoms with Crippen LogP contribution in [0.25, 0.3) is 10.8 Å². The summed E-state index contributed by atoms with van der Waals surface area (Å²) in [5.41, 5.74) is 3.00. The molecule has 4 heterocycles. The Hall–Kier alpha value is -2.87. The molecule has 0 aliphatic carbocycles. The summed E-state index contributed by atoms with van der Waals surface area (Å²) in [4.78, 5) is 35.8. The summed E-state index contributed by atoms with van der Waals surface area (Å²) in [6, 6.07) is 5.91. The molecule has 150 valence electrons. The smallest absolute Gasteiger partial charge is 0.265 e. The molecule has 0 N–H and O–H groups in total. The lowest BCUT2D eigenvalue weighted by atomic mass is 10.2. The van der Waals surface area contributed by atoms with Crippen LogP contribution in [0.15, 0.2) is 36.8 Å². The zero-order chi connectivity index (χ0) is 20.2. The van der Waals surface area contributed by atoms with E-state index in [1.54, 1.807) is 18.5 Å². The molecule has 1 aliphatic rings. The zero-order valence-corrected chi connectivity index (χ0v) is 17.5. The van der Waals surface area contributed by atoms with E-state index in [0.29, 0.717) is 28.7 Å². The van der Waals surface area contributed by atoms with Crippen LogP contribution in [0.4, 0.5) is 5.69 Å². The SMILES string of the molecule is CCc1nc(-c2ncccn2)sc1C(=O)N1CCCN(c2ccnc(C)c2)CC1. The van der Waals surface area contributed by atoms with Gasteiger partial charge >= 0.3 is 0 Å². The van der Waals surface area contributed by atoms with Crippen LogP contribution < -0.4 is 4.90 Å². The number of carbonyl (C=O) groups excluding carboxylic acids is 1. The van der Waals surface area contributed by atoms with Crippen molar-refractivity contribution in [2.24, 2.45) is 0 Å². The van der Waals surface area contributed by atoms with Crippen molar-refractivity contribution in [3.05, 3.63) is 53.1 Å². The normalized spacial score (nSPS) is 14.7. The van der Waals surface area contributed by atoms with Crippen molar-refractivity contribution in [1.29, 1.82) is 0 Å². The van der Waals surface area contributed by atoms with Gasteiger partial charge in [-0.15, -0.1) is 11.3 Å². The molecule has 0 unspecified atom stereocenters. The van der Waals surface area contributed by atoms with Gasteiger partial charge in [-0.25, -0.2) is 15.0 Å². The number of hydrogen-bond donors (Lipinski definition) is 0. The molecule has 3 aromatic heterocycles. The van der Waals surface area contributed by atoms with Crippen LogP contribution in [0, 0.1) is 6.92 Å². The topological polar surface area (TPSA) is 75.1 Å². The van der Waals surface area contributed by atoms with Crippen molar-refractivity contribution in [2.75, 3.05) is 31.1 Å². The molecule has 4 rings (SSSR count). The summed E-state index contributed by atoms with van der Waals surface area (Å²) in [6.07, 6.45) is 6.88. The number of amides is 1. The quantitative estimate of drug-likeness (QED) is 0.660. The maximum absolute atomic E-state index is 13.3. The van der Waals surface area contributed by atoms with Gasteiger partial charge in [-0.1, -0.05) is 6.92 Å². The van der Waals surface area contributed by atoms with Crippen molar-refractivity contribution in [2.45, 2.75) is 26.7 Å². The van der Waals surface area contributed by atoms with E-state index < -0.39 is 0 Å². The number of aromatic nitrogens is 4. The van der Waals surface area contributed by atoms with E-state index in [-0.39, 0.29) is 5.91 Å². The highest BCUT2D eigenvalue weighted by molar-refractivity contribution is 7.17. The maximum Gasteiger partial charge on any atom is 0.265 e. The molecular weight excluding hydrogens is 384 g/mol. The Morgan fingerprint density at radius 1 is 1.10 bits per heavy atom. The zero-order valence-electron chi connectivity index (χ0n) is 16.7. The van der Waals surface area contributed by atoms with Gasteiger partial charge < -0.3 is 9.80 Å². The molecule has 3 aromatic rings. The van der Waals surface area contributed by atoms with E-state index in [0.717, 1.165) is 37.4 Å². The number of aryl methyl sites for hydroxylation is 2. The van der Waals surface area contributed by atoms with Crippen LogP contribution in [0.5, 0.6) is 0 Å². The molecule has 29 heavy (non-hydrogen) atoms. The molecule has 0 saturated carbocycles. The fraction of sp³-hybridized carbons (Fsp3) is 0.381. The first-order valence-electron chi connectivity index (χ1n) is 9.89. The Morgan fingerprint density at radius 2 is 1.93 bits per heavy atom. The maximum atomic E-state index is 13.3. The highest BCUT2D eigenvalue weighted by Gasteiger charge is 2.25. The molecular formula is C21H24N6OS. The molecule has 1 fully saturated rings. The Bertz CT molecular complexity index is 990. The second kappa shape index (κ2) is 8.65. The fourth-order valence-electron chi connectivity index (χ4n) is 3.51. The number of anilines is 1. The molecule has 8 heteroatoms. The predicted molar refractivity (Wildman–Crippen MR) is 114 cm³/mol. The predicted octanol–water partition coefficient (Wildman–Crippen LogP) is 3.22. The minimum absolute atomic E-state index is 0.0642. The van der Waals surface area contributed by atoms with Gasteiger partial charge in [0.1, 0.15) is 4.88 Å². The second-order valence-electron chi connectivity index (χ2n) is 7.01. The van der Waals surface area contributed by atoms with Gasteiger partial charge in [0.25, 0.3) is 5.91 Å². The summed E-state index contributed by atoms with van der Waals surface area (Å²) in [5.74, 6) is 0.635. The highest BCUT2D eigenvalue weighted by atomic mass is 32.1. The minimum Gasteiger partial charge on any atom is -0.370 e. The lowest BCUT2D eigenvalue weighted by Crippen LogP contribution is -2.35. The highest BCUT2D eigenvalue weighted by Crippen LogP contribution is 2.28. The van der Waals surface area contributed by atoms with E-state index in [9.17, 15) is 4.79 Å². The van der Waals surface area contributed by atoms with Gasteiger partial charge in [0.15, 0.2) is 10.8 Å². The van der Waals surface area contributed by atoms with E-state index in [4.69, 9.17) is 0 Å². The van der Waals surface area contributed by atoms with Crippen LogP contribution in [-0.4, -0.2) is 56.9 Å². The van der Waals surface area contributed by atoms with Crippen LogP contribution in [-0.2, 0) is 6.42 Å². The van der Waals surface area contributed by atoms with Crippen LogP contribution in [0.3, 0.4) is 0 Å². The van der Waals surface area contributed by atoms with E-state index in [1.807, 2.05) is 31.0 Å². The molecule has 1 aliphatic heterocycles. The Labute approximate surface area is 174 Å². The number of carbonyl (C=O) groups is 1. The minimum atomic E-state index is 0.0642. The number of nitrogens with zero attached hydrogens (tertiary/aromatic N) is 6. The monoisotopic (exact) mass is 408 g/mol. The average molecular weight is 409 g/mol. The molecule has 1 amide bonds. The van der Waals surface area contributed by atoms with Gasteiger partial charge in [0.05, 0.1) is 5.69 Å². The first-order valence-corrected chi connectivity index (χ1v) is 10.7. The third-order valence-corrected chi connectivity index (χ3v) is 6.09. The van der Waals surface area contributed by atoms with E-state index in [1.165, 1.54) is 17.0 Å². The van der Waals surface area contributed by atoms with Gasteiger partial charge in [-0.05, 0) is 38.0 Å². The van der Waals surface area contributed by atoms with Crippen molar-refractivity contribution < 1.29 is 4.79 Å². The lowest BCUT2D eigenvalue weighted by Gasteiger charge is -2.23. The first kappa shape index (κ1) is 19.4. The van der Waals surface area contributed by atoms with Gasteiger partial charge in [0, 0.05) is 56.2 Å².